The van der Waals surface area contributed by atoms with Crippen LogP contribution < -0.4 is 9.64 Å². The van der Waals surface area contributed by atoms with Crippen LogP contribution in [0.2, 0.25) is 0 Å². The van der Waals surface area contributed by atoms with Crippen LogP contribution >= 0.6 is 0 Å². The van der Waals surface area contributed by atoms with Crippen molar-refractivity contribution in [3.8, 4) is 11.8 Å². The maximum Gasteiger partial charge on any atom is 0.410 e. The minimum absolute atomic E-state index is 0.0245. The molecule has 2 aliphatic rings. The number of carbonyl (C=O) groups excluding carboxylic acids is 1. The number of hydrogen-bond acceptors (Lipinski definition) is 6. The number of rotatable bonds is 2. The Morgan fingerprint density at radius 3 is 2.79 bits per heavy atom. The first kappa shape index (κ1) is 19.8. The second kappa shape index (κ2) is 7.58. The van der Waals surface area contributed by atoms with Crippen LogP contribution in [0.5, 0.6) is 5.75 Å². The average Bonchev–Trinajstić information content (AvgIpc) is 2.63. The molecule has 0 saturated carbocycles. The summed E-state index contributed by atoms with van der Waals surface area (Å²) in [5.41, 5.74) is 1.44. The Labute approximate surface area is 165 Å². The lowest BCUT2D eigenvalue weighted by Crippen LogP contribution is -2.59. The van der Waals surface area contributed by atoms with Gasteiger partial charge in [0.25, 0.3) is 0 Å². The molecule has 8 nitrogen and oxygen atoms in total. The van der Waals surface area contributed by atoms with Crippen molar-refractivity contribution in [3.63, 3.8) is 0 Å². The van der Waals surface area contributed by atoms with Crippen molar-refractivity contribution in [2.45, 2.75) is 32.4 Å². The zero-order valence-corrected chi connectivity index (χ0v) is 17.1. The number of carbonyl (C=O) groups is 1. The summed E-state index contributed by atoms with van der Waals surface area (Å²) >= 11 is 0. The van der Waals surface area contributed by atoms with Gasteiger partial charge < -0.3 is 24.2 Å². The van der Waals surface area contributed by atoms with Crippen LogP contribution in [0.15, 0.2) is 17.1 Å². The third-order valence-electron chi connectivity index (χ3n) is 4.50. The van der Waals surface area contributed by atoms with Crippen LogP contribution in [-0.2, 0) is 4.74 Å². The van der Waals surface area contributed by atoms with E-state index in [0.717, 1.165) is 5.69 Å². The summed E-state index contributed by atoms with van der Waals surface area (Å²) in [6.07, 6.45) is 1.36. The number of aliphatic imine (C=N–C) groups is 1. The fraction of sp³-hybridized carbons (Fsp3) is 0.550. The van der Waals surface area contributed by atoms with Crippen LogP contribution in [0.25, 0.3) is 0 Å². The molecule has 1 saturated heterocycles. The van der Waals surface area contributed by atoms with Gasteiger partial charge in [-0.3, -0.25) is 0 Å². The first-order chi connectivity index (χ1) is 13.2. The van der Waals surface area contributed by atoms with E-state index in [1.165, 1.54) is 0 Å². The first-order valence-electron chi connectivity index (χ1n) is 9.34. The van der Waals surface area contributed by atoms with Crippen LogP contribution in [0, 0.1) is 11.3 Å². The summed E-state index contributed by atoms with van der Waals surface area (Å²) in [7, 11) is 3.75. The number of piperazine rings is 1. The highest BCUT2D eigenvalue weighted by molar-refractivity contribution is 5.75. The van der Waals surface area contributed by atoms with E-state index in [2.05, 4.69) is 16.0 Å². The van der Waals surface area contributed by atoms with E-state index in [9.17, 15) is 10.1 Å². The Kier molecular flexibility index (Phi) is 5.36. The normalized spacial score (nSPS) is 18.8. The minimum Gasteiger partial charge on any atom is -0.489 e. The van der Waals surface area contributed by atoms with Gasteiger partial charge in [-0.15, -0.1) is 0 Å². The van der Waals surface area contributed by atoms with Gasteiger partial charge in [0, 0.05) is 39.8 Å². The molecule has 1 amide bonds. The third kappa shape index (κ3) is 4.30. The molecule has 1 aromatic carbocycles. The Balaban J connectivity index is 1.80. The number of hydrogen-bond donors (Lipinski definition) is 0. The maximum atomic E-state index is 12.4. The molecule has 2 aliphatic heterocycles. The number of benzene rings is 1. The highest BCUT2D eigenvalue weighted by Gasteiger charge is 2.36. The second-order valence-electron chi connectivity index (χ2n) is 8.24. The highest BCUT2D eigenvalue weighted by Crippen LogP contribution is 2.40. The van der Waals surface area contributed by atoms with Crippen molar-refractivity contribution in [2.24, 2.45) is 4.99 Å². The lowest BCUT2D eigenvalue weighted by molar-refractivity contribution is 0.0195. The standard InChI is InChI=1S/C20H27N5O3/c1-20(2,3)28-19(26)24-6-7-25-15(11-24)12-27-18-9-16(22-13-23(4)5)14(10-21)8-17(18)25/h8-9,13,15H,6-7,11-12H2,1-5H3/b22-13-/t15-/m1/s1. The summed E-state index contributed by atoms with van der Waals surface area (Å²) in [5, 5.41) is 9.54. The van der Waals surface area contributed by atoms with Gasteiger partial charge >= 0.3 is 6.09 Å². The summed E-state index contributed by atoms with van der Waals surface area (Å²) in [6, 6.07) is 5.88. The largest absolute Gasteiger partial charge is 0.489 e. The molecule has 0 bridgehead atoms. The number of fused-ring (bicyclic) bond motifs is 3. The predicted molar refractivity (Wildman–Crippen MR) is 107 cm³/mol. The fourth-order valence-corrected chi connectivity index (χ4v) is 3.27. The van der Waals surface area contributed by atoms with Crippen molar-refractivity contribution in [1.82, 2.24) is 9.80 Å². The molecular weight excluding hydrogens is 358 g/mol. The Morgan fingerprint density at radius 2 is 2.14 bits per heavy atom. The molecule has 150 valence electrons. The topological polar surface area (TPSA) is 81.4 Å². The van der Waals surface area contributed by atoms with Crippen LogP contribution in [0.1, 0.15) is 26.3 Å². The molecule has 2 heterocycles. The van der Waals surface area contributed by atoms with Crippen molar-refractivity contribution < 1.29 is 14.3 Å². The maximum absolute atomic E-state index is 12.4. The highest BCUT2D eigenvalue weighted by atomic mass is 16.6. The number of amides is 1. The molecule has 8 heteroatoms. The van der Waals surface area contributed by atoms with E-state index in [0.29, 0.717) is 43.2 Å². The summed E-state index contributed by atoms with van der Waals surface area (Å²) in [5.74, 6) is 0.715. The molecule has 28 heavy (non-hydrogen) atoms. The van der Waals surface area contributed by atoms with Crippen LogP contribution in [-0.4, -0.2) is 74.2 Å². The van der Waals surface area contributed by atoms with E-state index in [4.69, 9.17) is 9.47 Å². The first-order valence-corrected chi connectivity index (χ1v) is 9.34. The molecule has 3 rings (SSSR count). The van der Waals surface area contributed by atoms with Gasteiger partial charge in [0.15, 0.2) is 0 Å². The third-order valence-corrected chi connectivity index (χ3v) is 4.50. The zero-order chi connectivity index (χ0) is 20.5. The molecular formula is C20H27N5O3. The molecule has 0 unspecified atom stereocenters. The molecule has 1 atom stereocenters. The van der Waals surface area contributed by atoms with E-state index >= 15 is 0 Å². The van der Waals surface area contributed by atoms with E-state index in [-0.39, 0.29) is 12.1 Å². The smallest absolute Gasteiger partial charge is 0.410 e. The molecule has 0 radical (unpaired) electrons. The Bertz CT molecular complexity index is 822. The van der Waals surface area contributed by atoms with E-state index in [1.54, 1.807) is 11.2 Å². The molecule has 1 aromatic rings. The van der Waals surface area contributed by atoms with Gasteiger partial charge in [-0.2, -0.15) is 5.26 Å². The summed E-state index contributed by atoms with van der Waals surface area (Å²) in [6.45, 7) is 7.80. The number of ether oxygens (including phenoxy) is 2. The average molecular weight is 385 g/mol. The zero-order valence-electron chi connectivity index (χ0n) is 17.1. The lowest BCUT2D eigenvalue weighted by atomic mass is 10.1. The monoisotopic (exact) mass is 385 g/mol. The molecule has 0 aromatic heterocycles. The Morgan fingerprint density at radius 1 is 1.39 bits per heavy atom. The molecule has 0 aliphatic carbocycles. The van der Waals surface area contributed by atoms with Gasteiger partial charge in [0.2, 0.25) is 0 Å². The van der Waals surface area contributed by atoms with Crippen molar-refractivity contribution >= 4 is 23.8 Å². The second-order valence-corrected chi connectivity index (χ2v) is 8.24. The molecule has 0 spiro atoms. The van der Waals surface area contributed by atoms with Gasteiger partial charge in [0.1, 0.15) is 24.0 Å². The van der Waals surface area contributed by atoms with Crippen molar-refractivity contribution in [1.29, 1.82) is 5.26 Å². The van der Waals surface area contributed by atoms with Crippen molar-refractivity contribution in [3.05, 3.63) is 17.7 Å². The van der Waals surface area contributed by atoms with Gasteiger partial charge in [-0.1, -0.05) is 0 Å². The van der Waals surface area contributed by atoms with Gasteiger partial charge in [-0.05, 0) is 26.8 Å². The van der Waals surface area contributed by atoms with Crippen LogP contribution in [0.4, 0.5) is 16.2 Å². The lowest BCUT2D eigenvalue weighted by Gasteiger charge is -2.45. The predicted octanol–water partition coefficient (Wildman–Crippen LogP) is 2.60. The van der Waals surface area contributed by atoms with E-state index < -0.39 is 5.60 Å². The van der Waals surface area contributed by atoms with Crippen LogP contribution in [0.3, 0.4) is 0 Å². The summed E-state index contributed by atoms with van der Waals surface area (Å²) in [4.78, 5) is 22.5. The quantitative estimate of drug-likeness (QED) is 0.575. The molecule has 1 fully saturated rings. The number of anilines is 1. The van der Waals surface area contributed by atoms with Gasteiger partial charge in [-0.25, -0.2) is 9.79 Å². The van der Waals surface area contributed by atoms with Crippen molar-refractivity contribution in [2.75, 3.05) is 45.2 Å². The van der Waals surface area contributed by atoms with E-state index in [1.807, 2.05) is 51.9 Å². The fourth-order valence-electron chi connectivity index (χ4n) is 3.27. The Hall–Kier alpha value is -2.95. The van der Waals surface area contributed by atoms with Gasteiger partial charge in [0.05, 0.1) is 29.3 Å². The number of nitriles is 1. The summed E-state index contributed by atoms with van der Waals surface area (Å²) < 4.78 is 11.4. The SMILES string of the molecule is CN(C)/C=N\c1cc2c(cc1C#N)N1CCN(C(=O)OC(C)(C)C)C[C@@H]1CO2. The number of nitrogens with zero attached hydrogens (tertiary/aromatic N) is 5. The minimum atomic E-state index is -0.519. The molecule has 0 N–H and O–H groups in total.